The summed E-state index contributed by atoms with van der Waals surface area (Å²) in [4.78, 5) is 21.2. The van der Waals surface area contributed by atoms with E-state index >= 15 is 0 Å². The quantitative estimate of drug-likeness (QED) is 0.692. The van der Waals surface area contributed by atoms with Gasteiger partial charge in [0.15, 0.2) is 0 Å². The summed E-state index contributed by atoms with van der Waals surface area (Å²) in [5.41, 5.74) is 2.20. The number of amides is 1. The van der Waals surface area contributed by atoms with Crippen LogP contribution in [0.15, 0.2) is 48.0 Å². The second-order valence-corrected chi connectivity index (χ2v) is 6.39. The highest BCUT2D eigenvalue weighted by Crippen LogP contribution is 2.22. The zero-order valence-electron chi connectivity index (χ0n) is 14.6. The zero-order chi connectivity index (χ0) is 18.4. The third-order valence-corrected chi connectivity index (χ3v) is 4.63. The number of thiazole rings is 1. The number of hydrogen-bond acceptors (Lipinski definition) is 6. The molecule has 0 atom stereocenters. The van der Waals surface area contributed by atoms with Gasteiger partial charge in [-0.25, -0.2) is 4.98 Å². The number of nitrogens with one attached hydrogen (secondary N) is 1. The van der Waals surface area contributed by atoms with Gasteiger partial charge in [0.25, 0.3) is 5.91 Å². The van der Waals surface area contributed by atoms with Crippen LogP contribution in [0.2, 0.25) is 0 Å². The Morgan fingerprint density at radius 1 is 1.12 bits per heavy atom. The van der Waals surface area contributed by atoms with Gasteiger partial charge in [-0.2, -0.15) is 0 Å². The number of methoxy groups -OCH3 is 2. The van der Waals surface area contributed by atoms with Crippen LogP contribution in [0.4, 0.5) is 0 Å². The Bertz CT molecular complexity index is 858. The predicted molar refractivity (Wildman–Crippen MR) is 101 cm³/mol. The fraction of sp³-hybridized carbons (Fsp3) is 0.211. The molecule has 26 heavy (non-hydrogen) atoms. The summed E-state index contributed by atoms with van der Waals surface area (Å²) in [5, 5.41) is 5.83. The monoisotopic (exact) mass is 369 g/mol. The number of nitrogens with zero attached hydrogens (tertiary/aromatic N) is 2. The first kappa shape index (κ1) is 17.9. The van der Waals surface area contributed by atoms with Gasteiger partial charge in [-0.15, -0.1) is 11.3 Å². The third-order valence-electron chi connectivity index (χ3n) is 3.72. The van der Waals surface area contributed by atoms with Crippen LogP contribution in [-0.2, 0) is 6.42 Å². The number of benzene rings is 1. The molecule has 1 aromatic carbocycles. The van der Waals surface area contributed by atoms with Crippen LogP contribution in [0.3, 0.4) is 0 Å². The standard InChI is InChI=1S/C19H19N3O3S/c1-24-14-9-13(10-15(11-14)25-2)19(23)21-8-6-18-22-17(12-26-18)16-5-3-4-7-20-16/h3-5,7,9-12H,6,8H2,1-2H3,(H,21,23). The van der Waals surface area contributed by atoms with Crippen molar-refractivity contribution in [1.29, 1.82) is 0 Å². The van der Waals surface area contributed by atoms with Crippen LogP contribution >= 0.6 is 11.3 Å². The Morgan fingerprint density at radius 2 is 1.88 bits per heavy atom. The summed E-state index contributed by atoms with van der Waals surface area (Å²) in [5.74, 6) is 0.979. The molecule has 0 saturated heterocycles. The molecule has 0 bridgehead atoms. The highest BCUT2D eigenvalue weighted by molar-refractivity contribution is 7.09. The number of pyridine rings is 1. The van der Waals surface area contributed by atoms with Crippen molar-refractivity contribution in [3.05, 3.63) is 58.5 Å². The number of rotatable bonds is 7. The second kappa shape index (κ2) is 8.44. The van der Waals surface area contributed by atoms with Gasteiger partial charge in [0, 0.05) is 36.2 Å². The molecule has 0 spiro atoms. The van der Waals surface area contributed by atoms with E-state index in [4.69, 9.17) is 9.47 Å². The molecular weight excluding hydrogens is 350 g/mol. The first-order chi connectivity index (χ1) is 12.7. The van der Waals surface area contributed by atoms with Gasteiger partial charge in [0.1, 0.15) is 11.5 Å². The molecule has 2 heterocycles. The SMILES string of the molecule is COc1cc(OC)cc(C(=O)NCCc2nc(-c3ccccn3)cs2)c1. The number of hydrogen-bond donors (Lipinski definition) is 1. The normalized spacial score (nSPS) is 10.4. The first-order valence-electron chi connectivity index (χ1n) is 8.06. The smallest absolute Gasteiger partial charge is 0.251 e. The fourth-order valence-electron chi connectivity index (χ4n) is 2.38. The van der Waals surface area contributed by atoms with E-state index in [-0.39, 0.29) is 5.91 Å². The lowest BCUT2D eigenvalue weighted by atomic mass is 10.2. The summed E-state index contributed by atoms with van der Waals surface area (Å²) in [6, 6.07) is 10.8. The lowest BCUT2D eigenvalue weighted by Gasteiger charge is -2.08. The molecule has 0 aliphatic carbocycles. The molecule has 0 unspecified atom stereocenters. The molecule has 0 aliphatic heterocycles. The van der Waals surface area contributed by atoms with E-state index in [1.807, 2.05) is 23.6 Å². The average molecular weight is 369 g/mol. The molecule has 3 aromatic rings. The van der Waals surface area contributed by atoms with Crippen molar-refractivity contribution < 1.29 is 14.3 Å². The number of aromatic nitrogens is 2. The van der Waals surface area contributed by atoms with E-state index in [0.717, 1.165) is 16.4 Å². The van der Waals surface area contributed by atoms with Crippen molar-refractivity contribution in [1.82, 2.24) is 15.3 Å². The van der Waals surface area contributed by atoms with Crippen LogP contribution in [0.5, 0.6) is 11.5 Å². The van der Waals surface area contributed by atoms with Crippen molar-refractivity contribution >= 4 is 17.2 Å². The summed E-state index contributed by atoms with van der Waals surface area (Å²) in [6.07, 6.45) is 2.40. The highest BCUT2D eigenvalue weighted by Gasteiger charge is 2.10. The van der Waals surface area contributed by atoms with Crippen molar-refractivity contribution in [2.24, 2.45) is 0 Å². The first-order valence-corrected chi connectivity index (χ1v) is 8.94. The fourth-order valence-corrected chi connectivity index (χ4v) is 3.17. The van der Waals surface area contributed by atoms with E-state index in [9.17, 15) is 4.79 Å². The maximum atomic E-state index is 12.3. The minimum absolute atomic E-state index is 0.177. The highest BCUT2D eigenvalue weighted by atomic mass is 32.1. The maximum absolute atomic E-state index is 12.3. The Morgan fingerprint density at radius 3 is 2.54 bits per heavy atom. The number of carbonyl (C=O) groups is 1. The van der Waals surface area contributed by atoms with Crippen LogP contribution in [-0.4, -0.2) is 36.6 Å². The molecule has 3 rings (SSSR count). The summed E-state index contributed by atoms with van der Waals surface area (Å²) in [7, 11) is 3.11. The van der Waals surface area contributed by atoms with Crippen molar-refractivity contribution in [3.8, 4) is 22.9 Å². The molecule has 6 nitrogen and oxygen atoms in total. The minimum atomic E-state index is -0.177. The van der Waals surface area contributed by atoms with Gasteiger partial charge in [0.05, 0.1) is 30.6 Å². The van der Waals surface area contributed by atoms with Gasteiger partial charge in [-0.05, 0) is 24.3 Å². The molecular formula is C19H19N3O3S. The molecule has 1 N–H and O–H groups in total. The van der Waals surface area contributed by atoms with Gasteiger partial charge in [0.2, 0.25) is 0 Å². The Kier molecular flexibility index (Phi) is 5.80. The van der Waals surface area contributed by atoms with E-state index in [1.165, 1.54) is 0 Å². The summed E-state index contributed by atoms with van der Waals surface area (Å²) < 4.78 is 10.4. The lowest BCUT2D eigenvalue weighted by Crippen LogP contribution is -2.25. The third kappa shape index (κ3) is 4.37. The van der Waals surface area contributed by atoms with Crippen LogP contribution in [0, 0.1) is 0 Å². The van der Waals surface area contributed by atoms with Crippen LogP contribution < -0.4 is 14.8 Å². The van der Waals surface area contributed by atoms with Crippen molar-refractivity contribution in [3.63, 3.8) is 0 Å². The lowest BCUT2D eigenvalue weighted by molar-refractivity contribution is 0.0953. The largest absolute Gasteiger partial charge is 0.497 e. The van der Waals surface area contributed by atoms with Gasteiger partial charge >= 0.3 is 0 Å². The predicted octanol–water partition coefficient (Wildman–Crippen LogP) is 3.19. The molecule has 2 aromatic heterocycles. The average Bonchev–Trinajstić information content (AvgIpc) is 3.17. The molecule has 1 amide bonds. The maximum Gasteiger partial charge on any atom is 0.251 e. The molecule has 7 heteroatoms. The zero-order valence-corrected chi connectivity index (χ0v) is 15.4. The van der Waals surface area contributed by atoms with E-state index < -0.39 is 0 Å². The number of ether oxygens (including phenoxy) is 2. The van der Waals surface area contributed by atoms with Gasteiger partial charge < -0.3 is 14.8 Å². The van der Waals surface area contributed by atoms with Crippen LogP contribution in [0.1, 0.15) is 15.4 Å². The molecule has 134 valence electrons. The number of carbonyl (C=O) groups excluding carboxylic acids is 1. The second-order valence-electron chi connectivity index (χ2n) is 5.45. The van der Waals surface area contributed by atoms with E-state index in [1.54, 1.807) is 50.0 Å². The summed E-state index contributed by atoms with van der Waals surface area (Å²) in [6.45, 7) is 0.494. The Balaban J connectivity index is 1.58. The van der Waals surface area contributed by atoms with Crippen molar-refractivity contribution in [2.45, 2.75) is 6.42 Å². The van der Waals surface area contributed by atoms with E-state index in [2.05, 4.69) is 15.3 Å². The Hall–Kier alpha value is -2.93. The van der Waals surface area contributed by atoms with Crippen LogP contribution in [0.25, 0.3) is 11.4 Å². The minimum Gasteiger partial charge on any atom is -0.497 e. The van der Waals surface area contributed by atoms with Gasteiger partial charge in [-0.1, -0.05) is 6.07 Å². The van der Waals surface area contributed by atoms with Crippen molar-refractivity contribution in [2.75, 3.05) is 20.8 Å². The Labute approximate surface area is 155 Å². The molecule has 0 radical (unpaired) electrons. The molecule has 0 aliphatic rings. The molecule has 0 fully saturated rings. The molecule has 0 saturated carbocycles. The summed E-state index contributed by atoms with van der Waals surface area (Å²) >= 11 is 1.56. The van der Waals surface area contributed by atoms with Gasteiger partial charge in [-0.3, -0.25) is 9.78 Å². The topological polar surface area (TPSA) is 73.3 Å². The van der Waals surface area contributed by atoms with E-state index in [0.29, 0.717) is 30.0 Å².